The summed E-state index contributed by atoms with van der Waals surface area (Å²) in [4.78, 5) is 0. The molecule has 0 unspecified atom stereocenters. The molecule has 0 saturated heterocycles. The summed E-state index contributed by atoms with van der Waals surface area (Å²) < 4.78 is 5.39. The molecule has 1 saturated carbocycles. The molecular formula is C12H17NO. The fourth-order valence-corrected chi connectivity index (χ4v) is 1.69. The Morgan fingerprint density at radius 3 is 2.86 bits per heavy atom. The average Bonchev–Trinajstić information content (AvgIpc) is 2.98. The van der Waals surface area contributed by atoms with Crippen LogP contribution in [0.3, 0.4) is 0 Å². The molecule has 2 heteroatoms. The zero-order valence-electron chi connectivity index (χ0n) is 8.84. The lowest BCUT2D eigenvalue weighted by atomic mass is 10.1. The van der Waals surface area contributed by atoms with Gasteiger partial charge >= 0.3 is 0 Å². The zero-order chi connectivity index (χ0) is 9.97. The van der Waals surface area contributed by atoms with Gasteiger partial charge in [0, 0.05) is 18.2 Å². The van der Waals surface area contributed by atoms with Crippen molar-refractivity contribution < 1.29 is 4.74 Å². The summed E-state index contributed by atoms with van der Waals surface area (Å²) in [6, 6.07) is 7.04. The number of benzene rings is 1. The maximum absolute atomic E-state index is 5.39. The third kappa shape index (κ3) is 2.07. The summed E-state index contributed by atoms with van der Waals surface area (Å²) in [6.45, 7) is 3.01. The van der Waals surface area contributed by atoms with Crippen molar-refractivity contribution in [2.75, 3.05) is 7.11 Å². The van der Waals surface area contributed by atoms with Crippen molar-refractivity contribution in [3.63, 3.8) is 0 Å². The number of nitrogens with one attached hydrogen (secondary N) is 1. The van der Waals surface area contributed by atoms with Crippen molar-refractivity contribution in [1.29, 1.82) is 0 Å². The number of ether oxygens (including phenoxy) is 1. The third-order valence-corrected chi connectivity index (χ3v) is 2.66. The Kier molecular flexibility index (Phi) is 2.73. The largest absolute Gasteiger partial charge is 0.496 e. The average molecular weight is 191 g/mol. The van der Waals surface area contributed by atoms with Gasteiger partial charge in [0.2, 0.25) is 0 Å². The standard InChI is InChI=1S/C12H17NO/c1-9-4-3-5-10(12(9)14-2)8-13-11-6-7-11/h3-5,11,13H,6-8H2,1-2H3. The maximum Gasteiger partial charge on any atom is 0.126 e. The fraction of sp³-hybridized carbons (Fsp3) is 0.500. The number of hydrogen-bond donors (Lipinski definition) is 1. The van der Waals surface area contributed by atoms with E-state index in [0.29, 0.717) is 0 Å². The molecule has 2 nitrogen and oxygen atoms in total. The van der Waals surface area contributed by atoms with E-state index in [1.165, 1.54) is 24.0 Å². The minimum Gasteiger partial charge on any atom is -0.496 e. The lowest BCUT2D eigenvalue weighted by Gasteiger charge is -2.11. The molecule has 0 heterocycles. The molecule has 14 heavy (non-hydrogen) atoms. The lowest BCUT2D eigenvalue weighted by molar-refractivity contribution is 0.404. The van der Waals surface area contributed by atoms with Crippen molar-refractivity contribution in [2.45, 2.75) is 32.4 Å². The molecule has 1 fully saturated rings. The molecule has 2 rings (SSSR count). The van der Waals surface area contributed by atoms with E-state index in [1.807, 2.05) is 0 Å². The first kappa shape index (κ1) is 9.53. The van der Waals surface area contributed by atoms with E-state index in [4.69, 9.17) is 4.74 Å². The quantitative estimate of drug-likeness (QED) is 0.788. The van der Waals surface area contributed by atoms with Crippen LogP contribution < -0.4 is 10.1 Å². The second kappa shape index (κ2) is 4.01. The second-order valence-corrected chi connectivity index (χ2v) is 3.92. The first-order valence-corrected chi connectivity index (χ1v) is 5.17. The van der Waals surface area contributed by atoms with Crippen LogP contribution in [0.25, 0.3) is 0 Å². The summed E-state index contributed by atoms with van der Waals surface area (Å²) in [5, 5.41) is 3.49. The van der Waals surface area contributed by atoms with Gasteiger partial charge in [0.15, 0.2) is 0 Å². The fourth-order valence-electron chi connectivity index (χ4n) is 1.69. The molecule has 0 bridgehead atoms. The third-order valence-electron chi connectivity index (χ3n) is 2.66. The van der Waals surface area contributed by atoms with Gasteiger partial charge < -0.3 is 10.1 Å². The highest BCUT2D eigenvalue weighted by Gasteiger charge is 2.20. The first-order chi connectivity index (χ1) is 6.81. The first-order valence-electron chi connectivity index (χ1n) is 5.17. The van der Waals surface area contributed by atoms with E-state index >= 15 is 0 Å². The highest BCUT2D eigenvalue weighted by molar-refractivity contribution is 5.40. The number of aryl methyl sites for hydroxylation is 1. The van der Waals surface area contributed by atoms with Crippen molar-refractivity contribution in [3.05, 3.63) is 29.3 Å². The number of hydrogen-bond acceptors (Lipinski definition) is 2. The van der Waals surface area contributed by atoms with E-state index in [2.05, 4.69) is 30.4 Å². The van der Waals surface area contributed by atoms with Crippen molar-refractivity contribution in [2.24, 2.45) is 0 Å². The van der Waals surface area contributed by atoms with E-state index < -0.39 is 0 Å². The lowest BCUT2D eigenvalue weighted by Crippen LogP contribution is -2.16. The van der Waals surface area contributed by atoms with E-state index in [0.717, 1.165) is 18.3 Å². The SMILES string of the molecule is COc1c(C)cccc1CNC1CC1. The Hall–Kier alpha value is -1.02. The van der Waals surface area contributed by atoms with Gasteiger partial charge in [-0.3, -0.25) is 0 Å². The number of rotatable bonds is 4. The van der Waals surface area contributed by atoms with Crippen molar-refractivity contribution >= 4 is 0 Å². The van der Waals surface area contributed by atoms with Crippen molar-refractivity contribution in [1.82, 2.24) is 5.32 Å². The van der Waals surface area contributed by atoms with Crippen LogP contribution in [0.2, 0.25) is 0 Å². The van der Waals surface area contributed by atoms with Crippen molar-refractivity contribution in [3.8, 4) is 5.75 Å². The summed E-state index contributed by atoms with van der Waals surface area (Å²) in [7, 11) is 1.74. The van der Waals surface area contributed by atoms with Crippen LogP contribution in [0, 0.1) is 6.92 Å². The van der Waals surface area contributed by atoms with E-state index in [1.54, 1.807) is 7.11 Å². The van der Waals surface area contributed by atoms with Crippen LogP contribution >= 0.6 is 0 Å². The Labute approximate surface area is 85.3 Å². The summed E-state index contributed by atoms with van der Waals surface area (Å²) in [5.41, 5.74) is 2.47. The minimum absolute atomic E-state index is 0.750. The topological polar surface area (TPSA) is 21.3 Å². The molecule has 1 aliphatic carbocycles. The van der Waals surface area contributed by atoms with Gasteiger partial charge in [-0.2, -0.15) is 0 Å². The number of para-hydroxylation sites is 1. The number of methoxy groups -OCH3 is 1. The molecule has 0 radical (unpaired) electrons. The molecule has 0 atom stereocenters. The van der Waals surface area contributed by atoms with Crippen LogP contribution in [-0.4, -0.2) is 13.2 Å². The molecular weight excluding hydrogens is 174 g/mol. The van der Waals surface area contributed by atoms with Crippen LogP contribution in [0.5, 0.6) is 5.75 Å². The highest BCUT2D eigenvalue weighted by atomic mass is 16.5. The van der Waals surface area contributed by atoms with Gasteiger partial charge in [-0.05, 0) is 25.3 Å². The normalized spacial score (nSPS) is 15.6. The Morgan fingerprint density at radius 2 is 2.21 bits per heavy atom. The predicted octanol–water partition coefficient (Wildman–Crippen LogP) is 2.26. The summed E-state index contributed by atoms with van der Waals surface area (Å²) in [6.07, 6.45) is 2.66. The van der Waals surface area contributed by atoms with Gasteiger partial charge in [0.05, 0.1) is 7.11 Å². The Balaban J connectivity index is 2.09. The van der Waals surface area contributed by atoms with Gasteiger partial charge in [-0.25, -0.2) is 0 Å². The molecule has 1 aliphatic rings. The molecule has 1 N–H and O–H groups in total. The summed E-state index contributed by atoms with van der Waals surface area (Å²) in [5.74, 6) is 1.03. The predicted molar refractivity (Wildman–Crippen MR) is 57.6 cm³/mol. The van der Waals surface area contributed by atoms with Crippen LogP contribution in [0.15, 0.2) is 18.2 Å². The zero-order valence-corrected chi connectivity index (χ0v) is 8.84. The molecule has 0 amide bonds. The monoisotopic (exact) mass is 191 g/mol. The molecule has 1 aromatic rings. The second-order valence-electron chi connectivity index (χ2n) is 3.92. The highest BCUT2D eigenvalue weighted by Crippen LogP contribution is 2.25. The molecule has 1 aromatic carbocycles. The Morgan fingerprint density at radius 1 is 1.43 bits per heavy atom. The van der Waals surface area contributed by atoms with Gasteiger partial charge in [-0.1, -0.05) is 18.2 Å². The van der Waals surface area contributed by atoms with Gasteiger partial charge in [0.1, 0.15) is 5.75 Å². The van der Waals surface area contributed by atoms with Gasteiger partial charge in [0.25, 0.3) is 0 Å². The molecule has 0 spiro atoms. The van der Waals surface area contributed by atoms with Gasteiger partial charge in [-0.15, -0.1) is 0 Å². The van der Waals surface area contributed by atoms with E-state index in [9.17, 15) is 0 Å². The van der Waals surface area contributed by atoms with Crippen LogP contribution in [0.1, 0.15) is 24.0 Å². The van der Waals surface area contributed by atoms with Crippen LogP contribution in [-0.2, 0) is 6.54 Å². The maximum atomic E-state index is 5.39. The molecule has 0 aliphatic heterocycles. The van der Waals surface area contributed by atoms with E-state index in [-0.39, 0.29) is 0 Å². The Bertz CT molecular complexity index is 318. The molecule has 0 aromatic heterocycles. The summed E-state index contributed by atoms with van der Waals surface area (Å²) >= 11 is 0. The molecule has 76 valence electrons. The van der Waals surface area contributed by atoms with Crippen LogP contribution in [0.4, 0.5) is 0 Å². The minimum atomic E-state index is 0.750. The smallest absolute Gasteiger partial charge is 0.126 e.